The van der Waals surface area contributed by atoms with E-state index in [1.807, 2.05) is 0 Å². The van der Waals surface area contributed by atoms with Crippen LogP contribution in [0.25, 0.3) is 0 Å². The second kappa shape index (κ2) is 8.59. The Bertz CT molecular complexity index is 847. The zero-order chi connectivity index (χ0) is 21.1. The van der Waals surface area contributed by atoms with Gasteiger partial charge >= 0.3 is 5.97 Å². The van der Waals surface area contributed by atoms with E-state index in [0.29, 0.717) is 40.5 Å². The number of nitrogens with one attached hydrogen (secondary N) is 1. The summed E-state index contributed by atoms with van der Waals surface area (Å²) in [7, 11) is 4.59. The standard InChI is InChI=1S/C22H27NO6/c1-6-29-22(25)18-12(2)23-14-8-7-9-15(24)20(14)19(18)13-10-16(26-3)21(28-5)17(11-13)27-4/h10-11,18-19,23H,2,6-9H2,1,3-5H3. The topological polar surface area (TPSA) is 83.1 Å². The molecule has 7 nitrogen and oxygen atoms in total. The van der Waals surface area contributed by atoms with Crippen molar-refractivity contribution in [3.05, 3.63) is 41.2 Å². The lowest BCUT2D eigenvalue weighted by molar-refractivity contribution is -0.147. The summed E-state index contributed by atoms with van der Waals surface area (Å²) in [4.78, 5) is 25.8. The molecule has 29 heavy (non-hydrogen) atoms. The summed E-state index contributed by atoms with van der Waals surface area (Å²) in [5.41, 5.74) is 2.67. The zero-order valence-corrected chi connectivity index (χ0v) is 17.3. The molecule has 1 aliphatic carbocycles. The van der Waals surface area contributed by atoms with Gasteiger partial charge in [0.05, 0.1) is 27.9 Å². The second-order valence-electron chi connectivity index (χ2n) is 6.99. The molecule has 1 heterocycles. The highest BCUT2D eigenvalue weighted by molar-refractivity contribution is 6.00. The molecule has 2 unspecified atom stereocenters. The van der Waals surface area contributed by atoms with Crippen LogP contribution in [0.5, 0.6) is 17.2 Å². The van der Waals surface area contributed by atoms with Crippen molar-refractivity contribution in [2.24, 2.45) is 5.92 Å². The Morgan fingerprint density at radius 3 is 2.34 bits per heavy atom. The van der Waals surface area contributed by atoms with Crippen LogP contribution in [-0.2, 0) is 14.3 Å². The predicted octanol–water partition coefficient (Wildman–Crippen LogP) is 3.10. The van der Waals surface area contributed by atoms with E-state index >= 15 is 0 Å². The monoisotopic (exact) mass is 401 g/mol. The maximum absolute atomic E-state index is 12.9. The van der Waals surface area contributed by atoms with E-state index < -0.39 is 17.8 Å². The largest absolute Gasteiger partial charge is 0.493 e. The minimum atomic E-state index is -0.737. The molecule has 156 valence electrons. The number of methoxy groups -OCH3 is 3. The zero-order valence-electron chi connectivity index (χ0n) is 17.3. The summed E-state index contributed by atoms with van der Waals surface area (Å²) < 4.78 is 21.7. The molecular weight excluding hydrogens is 374 g/mol. The van der Waals surface area contributed by atoms with Crippen LogP contribution in [0.3, 0.4) is 0 Å². The van der Waals surface area contributed by atoms with Crippen molar-refractivity contribution < 1.29 is 28.5 Å². The van der Waals surface area contributed by atoms with Gasteiger partial charge < -0.3 is 24.3 Å². The lowest BCUT2D eigenvalue weighted by atomic mass is 9.71. The van der Waals surface area contributed by atoms with Crippen LogP contribution < -0.4 is 19.5 Å². The van der Waals surface area contributed by atoms with E-state index in [4.69, 9.17) is 18.9 Å². The first-order chi connectivity index (χ1) is 14.0. The van der Waals surface area contributed by atoms with E-state index in [1.54, 1.807) is 19.1 Å². The van der Waals surface area contributed by atoms with Crippen LogP contribution in [0, 0.1) is 5.92 Å². The van der Waals surface area contributed by atoms with Crippen molar-refractivity contribution in [2.45, 2.75) is 32.1 Å². The SMILES string of the molecule is C=C1NC2=C(C(=O)CCC2)C(c2cc(OC)c(OC)c(OC)c2)C1C(=O)OCC. The Morgan fingerprint density at radius 1 is 1.14 bits per heavy atom. The molecule has 0 saturated heterocycles. The number of carbonyl (C=O) groups is 2. The number of hydrogen-bond donors (Lipinski definition) is 1. The first-order valence-corrected chi connectivity index (χ1v) is 9.65. The van der Waals surface area contributed by atoms with Gasteiger partial charge in [-0.05, 0) is 37.5 Å². The summed E-state index contributed by atoms with van der Waals surface area (Å²) in [6.07, 6.45) is 1.95. The highest BCUT2D eigenvalue weighted by Crippen LogP contribution is 2.48. The highest BCUT2D eigenvalue weighted by atomic mass is 16.5. The van der Waals surface area contributed by atoms with Gasteiger partial charge in [0.2, 0.25) is 5.75 Å². The van der Waals surface area contributed by atoms with Crippen LogP contribution in [0.2, 0.25) is 0 Å². The third kappa shape index (κ3) is 3.69. The summed E-state index contributed by atoms with van der Waals surface area (Å²) in [5.74, 6) is -0.313. The number of benzene rings is 1. The Morgan fingerprint density at radius 2 is 1.79 bits per heavy atom. The van der Waals surface area contributed by atoms with Crippen LogP contribution >= 0.6 is 0 Å². The van der Waals surface area contributed by atoms with Gasteiger partial charge in [-0.1, -0.05) is 6.58 Å². The first kappa shape index (κ1) is 20.8. The number of Topliss-reactive ketones (excluding diaryl/α,β-unsaturated/α-hetero) is 1. The minimum Gasteiger partial charge on any atom is -0.493 e. The fraction of sp³-hybridized carbons (Fsp3) is 0.455. The Balaban J connectivity index is 2.23. The smallest absolute Gasteiger partial charge is 0.315 e. The number of esters is 1. The van der Waals surface area contributed by atoms with Crippen molar-refractivity contribution in [3.63, 3.8) is 0 Å². The van der Waals surface area contributed by atoms with E-state index in [0.717, 1.165) is 18.5 Å². The summed E-state index contributed by atoms with van der Waals surface area (Å²) >= 11 is 0. The van der Waals surface area contributed by atoms with Crippen LogP contribution in [0.1, 0.15) is 37.7 Å². The molecule has 1 aromatic carbocycles. The molecule has 0 spiro atoms. The number of carbonyl (C=O) groups excluding carboxylic acids is 2. The average molecular weight is 401 g/mol. The van der Waals surface area contributed by atoms with Crippen molar-refractivity contribution in [2.75, 3.05) is 27.9 Å². The molecule has 0 radical (unpaired) electrons. The van der Waals surface area contributed by atoms with Gasteiger partial charge in [-0.3, -0.25) is 9.59 Å². The maximum atomic E-state index is 12.9. The molecule has 1 aliphatic heterocycles. The van der Waals surface area contributed by atoms with Gasteiger partial charge in [0.15, 0.2) is 17.3 Å². The third-order valence-corrected chi connectivity index (χ3v) is 5.37. The van der Waals surface area contributed by atoms with Gasteiger partial charge in [-0.25, -0.2) is 0 Å². The molecule has 0 bridgehead atoms. The molecule has 2 atom stereocenters. The van der Waals surface area contributed by atoms with E-state index in [-0.39, 0.29) is 12.4 Å². The van der Waals surface area contributed by atoms with Crippen LogP contribution in [0.4, 0.5) is 0 Å². The van der Waals surface area contributed by atoms with E-state index in [1.165, 1.54) is 21.3 Å². The van der Waals surface area contributed by atoms with Crippen molar-refractivity contribution >= 4 is 11.8 Å². The predicted molar refractivity (Wildman–Crippen MR) is 107 cm³/mol. The van der Waals surface area contributed by atoms with E-state index in [2.05, 4.69) is 11.9 Å². The molecule has 1 N–H and O–H groups in total. The average Bonchev–Trinajstić information content (AvgIpc) is 2.71. The summed E-state index contributed by atoms with van der Waals surface area (Å²) in [5, 5.41) is 3.19. The third-order valence-electron chi connectivity index (χ3n) is 5.37. The number of rotatable bonds is 6. The molecule has 1 aromatic rings. The number of allylic oxidation sites excluding steroid dienone is 2. The Kier molecular flexibility index (Phi) is 6.15. The number of hydrogen-bond acceptors (Lipinski definition) is 7. The quantitative estimate of drug-likeness (QED) is 0.734. The molecule has 3 rings (SSSR count). The molecule has 0 fully saturated rings. The first-order valence-electron chi connectivity index (χ1n) is 9.65. The van der Waals surface area contributed by atoms with Crippen molar-refractivity contribution in [1.29, 1.82) is 0 Å². The van der Waals surface area contributed by atoms with Gasteiger partial charge in [-0.15, -0.1) is 0 Å². The highest BCUT2D eigenvalue weighted by Gasteiger charge is 2.44. The van der Waals surface area contributed by atoms with Gasteiger partial charge in [0, 0.05) is 29.3 Å². The van der Waals surface area contributed by atoms with Crippen molar-refractivity contribution in [3.8, 4) is 17.2 Å². The van der Waals surface area contributed by atoms with Crippen LogP contribution in [0.15, 0.2) is 35.7 Å². The molecule has 0 saturated carbocycles. The molecule has 2 aliphatic rings. The van der Waals surface area contributed by atoms with Crippen molar-refractivity contribution in [1.82, 2.24) is 5.32 Å². The molecule has 7 heteroatoms. The normalized spacial score (nSPS) is 21.2. The number of ketones is 1. The van der Waals surface area contributed by atoms with Gasteiger partial charge in [-0.2, -0.15) is 0 Å². The minimum absolute atomic E-state index is 0.0271. The van der Waals surface area contributed by atoms with Crippen LogP contribution in [-0.4, -0.2) is 39.7 Å². The molecular formula is C22H27NO6. The summed E-state index contributed by atoms with van der Waals surface area (Å²) in [6, 6.07) is 3.56. The second-order valence-corrected chi connectivity index (χ2v) is 6.99. The Labute approximate surface area is 170 Å². The van der Waals surface area contributed by atoms with E-state index in [9.17, 15) is 9.59 Å². The van der Waals surface area contributed by atoms with Gasteiger partial charge in [0.25, 0.3) is 0 Å². The maximum Gasteiger partial charge on any atom is 0.315 e. The molecule has 0 aromatic heterocycles. The fourth-order valence-electron chi connectivity index (χ4n) is 4.14. The fourth-order valence-corrected chi connectivity index (χ4v) is 4.14. The Hall–Kier alpha value is -2.96. The number of ether oxygens (including phenoxy) is 4. The lowest BCUT2D eigenvalue weighted by Gasteiger charge is -2.38. The lowest BCUT2D eigenvalue weighted by Crippen LogP contribution is -2.41. The molecule has 0 amide bonds. The summed E-state index contributed by atoms with van der Waals surface area (Å²) in [6.45, 7) is 6.06. The van der Waals surface area contributed by atoms with Gasteiger partial charge in [0.1, 0.15) is 5.92 Å².